The fourth-order valence-electron chi connectivity index (χ4n) is 2.04. The minimum Gasteiger partial charge on any atom is -0.374 e. The van der Waals surface area contributed by atoms with E-state index in [1.807, 2.05) is 32.0 Å². The number of hydrogen-bond donors (Lipinski definition) is 2. The van der Waals surface area contributed by atoms with E-state index < -0.39 is 6.04 Å². The molecule has 0 unspecified atom stereocenters. The third-order valence-electron chi connectivity index (χ3n) is 3.56. The number of aryl methyl sites for hydroxylation is 1. The molecule has 0 aliphatic carbocycles. The SMILES string of the molecule is Cc1cccc(N[C@H](C)C(=O)Nc2ccc(Cl)cc2Cl)c1C. The Morgan fingerprint density at radius 3 is 2.50 bits per heavy atom. The van der Waals surface area contributed by atoms with E-state index in [2.05, 4.69) is 10.6 Å². The first-order valence-electron chi connectivity index (χ1n) is 6.97. The van der Waals surface area contributed by atoms with Crippen LogP contribution in [0.4, 0.5) is 11.4 Å². The number of carbonyl (C=O) groups excluding carboxylic acids is 1. The van der Waals surface area contributed by atoms with Crippen LogP contribution in [0.5, 0.6) is 0 Å². The first kappa shape index (κ1) is 16.7. The summed E-state index contributed by atoms with van der Waals surface area (Å²) in [7, 11) is 0. The Morgan fingerprint density at radius 1 is 1.09 bits per heavy atom. The molecule has 116 valence electrons. The van der Waals surface area contributed by atoms with Crippen LogP contribution in [0.1, 0.15) is 18.1 Å². The van der Waals surface area contributed by atoms with Crippen molar-refractivity contribution in [3.05, 3.63) is 57.6 Å². The first-order chi connectivity index (χ1) is 10.4. The van der Waals surface area contributed by atoms with Gasteiger partial charge in [0.05, 0.1) is 10.7 Å². The number of rotatable bonds is 4. The van der Waals surface area contributed by atoms with Gasteiger partial charge in [-0.1, -0.05) is 35.3 Å². The number of nitrogens with one attached hydrogen (secondary N) is 2. The van der Waals surface area contributed by atoms with Gasteiger partial charge < -0.3 is 10.6 Å². The number of carbonyl (C=O) groups is 1. The average Bonchev–Trinajstić information content (AvgIpc) is 2.46. The van der Waals surface area contributed by atoms with Crippen molar-refractivity contribution in [3.8, 4) is 0 Å². The second kappa shape index (κ2) is 7.03. The van der Waals surface area contributed by atoms with Crippen molar-refractivity contribution in [2.24, 2.45) is 0 Å². The smallest absolute Gasteiger partial charge is 0.246 e. The molecule has 0 fully saturated rings. The summed E-state index contributed by atoms with van der Waals surface area (Å²) < 4.78 is 0. The van der Waals surface area contributed by atoms with Gasteiger partial charge in [-0.25, -0.2) is 0 Å². The van der Waals surface area contributed by atoms with Crippen molar-refractivity contribution in [3.63, 3.8) is 0 Å². The summed E-state index contributed by atoms with van der Waals surface area (Å²) in [6.45, 7) is 5.87. The summed E-state index contributed by atoms with van der Waals surface area (Å²) in [5.74, 6) is -0.162. The minimum absolute atomic E-state index is 0.162. The molecule has 0 saturated carbocycles. The van der Waals surface area contributed by atoms with Crippen molar-refractivity contribution >= 4 is 40.5 Å². The maximum absolute atomic E-state index is 12.3. The van der Waals surface area contributed by atoms with Crippen molar-refractivity contribution in [1.29, 1.82) is 0 Å². The molecular formula is C17H18Cl2N2O. The molecule has 0 spiro atoms. The number of hydrogen-bond acceptors (Lipinski definition) is 2. The van der Waals surface area contributed by atoms with E-state index >= 15 is 0 Å². The molecule has 0 saturated heterocycles. The molecule has 5 heteroatoms. The van der Waals surface area contributed by atoms with E-state index in [1.54, 1.807) is 25.1 Å². The lowest BCUT2D eigenvalue weighted by Crippen LogP contribution is -2.32. The molecule has 2 N–H and O–H groups in total. The molecule has 2 rings (SSSR count). The summed E-state index contributed by atoms with van der Waals surface area (Å²) in [5.41, 5.74) is 3.81. The van der Waals surface area contributed by atoms with E-state index in [4.69, 9.17) is 23.2 Å². The fourth-order valence-corrected chi connectivity index (χ4v) is 2.49. The standard InChI is InChI=1S/C17H18Cl2N2O/c1-10-5-4-6-15(11(10)2)20-12(3)17(22)21-16-8-7-13(18)9-14(16)19/h4-9,12,20H,1-3H3,(H,21,22)/t12-/m1/s1. The highest BCUT2D eigenvalue weighted by atomic mass is 35.5. The molecule has 3 nitrogen and oxygen atoms in total. The summed E-state index contributed by atoms with van der Waals surface area (Å²) in [6, 6.07) is 10.5. The largest absolute Gasteiger partial charge is 0.374 e. The molecule has 0 heterocycles. The highest BCUT2D eigenvalue weighted by Gasteiger charge is 2.15. The van der Waals surface area contributed by atoms with Gasteiger partial charge in [0.1, 0.15) is 6.04 Å². The number of amides is 1. The number of anilines is 2. The normalized spacial score (nSPS) is 11.9. The summed E-state index contributed by atoms with van der Waals surface area (Å²) >= 11 is 11.9. The Balaban J connectivity index is 2.07. The maximum atomic E-state index is 12.3. The number of benzene rings is 2. The van der Waals surface area contributed by atoms with Crippen molar-refractivity contribution in [1.82, 2.24) is 0 Å². The molecule has 0 bridgehead atoms. The van der Waals surface area contributed by atoms with E-state index in [-0.39, 0.29) is 5.91 Å². The van der Waals surface area contributed by atoms with Crippen molar-refractivity contribution in [2.75, 3.05) is 10.6 Å². The third-order valence-corrected chi connectivity index (χ3v) is 4.11. The minimum atomic E-state index is -0.396. The van der Waals surface area contributed by atoms with Gasteiger partial charge in [0, 0.05) is 10.7 Å². The molecule has 22 heavy (non-hydrogen) atoms. The van der Waals surface area contributed by atoms with Gasteiger partial charge in [0.25, 0.3) is 0 Å². The fraction of sp³-hybridized carbons (Fsp3) is 0.235. The van der Waals surface area contributed by atoms with Crippen LogP contribution < -0.4 is 10.6 Å². The Hall–Kier alpha value is -1.71. The maximum Gasteiger partial charge on any atom is 0.246 e. The lowest BCUT2D eigenvalue weighted by atomic mass is 10.1. The van der Waals surface area contributed by atoms with Gasteiger partial charge in [0.2, 0.25) is 5.91 Å². The zero-order valence-corrected chi connectivity index (χ0v) is 14.2. The van der Waals surface area contributed by atoms with Gasteiger partial charge in [-0.3, -0.25) is 4.79 Å². The van der Waals surface area contributed by atoms with Crippen LogP contribution in [0.2, 0.25) is 10.0 Å². The van der Waals surface area contributed by atoms with Crippen LogP contribution in [0.25, 0.3) is 0 Å². The second-order valence-corrected chi connectivity index (χ2v) is 6.07. The van der Waals surface area contributed by atoms with E-state index in [9.17, 15) is 4.79 Å². The zero-order chi connectivity index (χ0) is 16.3. The van der Waals surface area contributed by atoms with Crippen LogP contribution >= 0.6 is 23.2 Å². The van der Waals surface area contributed by atoms with Crippen LogP contribution in [0, 0.1) is 13.8 Å². The van der Waals surface area contributed by atoms with Gasteiger partial charge in [0.15, 0.2) is 0 Å². The van der Waals surface area contributed by atoms with Crippen LogP contribution in [0.3, 0.4) is 0 Å². The quantitative estimate of drug-likeness (QED) is 0.820. The molecule has 0 aliphatic rings. The van der Waals surface area contributed by atoms with Crippen LogP contribution in [-0.4, -0.2) is 11.9 Å². The summed E-state index contributed by atoms with van der Waals surface area (Å²) in [6.07, 6.45) is 0. The van der Waals surface area contributed by atoms with E-state index in [0.29, 0.717) is 15.7 Å². The zero-order valence-electron chi connectivity index (χ0n) is 12.7. The first-order valence-corrected chi connectivity index (χ1v) is 7.72. The molecule has 1 atom stereocenters. The molecule has 0 aliphatic heterocycles. The van der Waals surface area contributed by atoms with Crippen LogP contribution in [0.15, 0.2) is 36.4 Å². The van der Waals surface area contributed by atoms with Crippen molar-refractivity contribution in [2.45, 2.75) is 26.8 Å². The molecular weight excluding hydrogens is 319 g/mol. The Labute approximate surface area is 140 Å². The van der Waals surface area contributed by atoms with Crippen molar-refractivity contribution < 1.29 is 4.79 Å². The highest BCUT2D eigenvalue weighted by molar-refractivity contribution is 6.36. The lowest BCUT2D eigenvalue weighted by Gasteiger charge is -2.18. The molecule has 2 aromatic carbocycles. The summed E-state index contributed by atoms with van der Waals surface area (Å²) in [4.78, 5) is 12.3. The van der Waals surface area contributed by atoms with Crippen LogP contribution in [-0.2, 0) is 4.79 Å². The predicted octanol–water partition coefficient (Wildman–Crippen LogP) is 5.05. The lowest BCUT2D eigenvalue weighted by molar-refractivity contribution is -0.116. The van der Waals surface area contributed by atoms with Gasteiger partial charge >= 0.3 is 0 Å². The Bertz CT molecular complexity index is 701. The van der Waals surface area contributed by atoms with E-state index in [0.717, 1.165) is 11.3 Å². The summed E-state index contributed by atoms with van der Waals surface area (Å²) in [5, 5.41) is 6.97. The molecule has 1 amide bonds. The van der Waals surface area contributed by atoms with Gasteiger partial charge in [-0.05, 0) is 56.2 Å². The van der Waals surface area contributed by atoms with Gasteiger partial charge in [-0.2, -0.15) is 0 Å². The average molecular weight is 337 g/mol. The Morgan fingerprint density at radius 2 is 1.82 bits per heavy atom. The number of halogens is 2. The molecule has 0 aromatic heterocycles. The second-order valence-electron chi connectivity index (χ2n) is 5.23. The monoisotopic (exact) mass is 336 g/mol. The molecule has 2 aromatic rings. The van der Waals surface area contributed by atoms with Gasteiger partial charge in [-0.15, -0.1) is 0 Å². The highest BCUT2D eigenvalue weighted by Crippen LogP contribution is 2.26. The third kappa shape index (κ3) is 3.93. The van der Waals surface area contributed by atoms with E-state index in [1.165, 1.54) is 5.56 Å². The Kier molecular flexibility index (Phi) is 5.33. The predicted molar refractivity (Wildman–Crippen MR) is 94.1 cm³/mol. The molecule has 0 radical (unpaired) electrons. The topological polar surface area (TPSA) is 41.1 Å².